The molecule has 0 bridgehead atoms. The lowest BCUT2D eigenvalue weighted by Gasteiger charge is -2.29. The molecule has 1 unspecified atom stereocenters. The minimum atomic E-state index is -0.225. The Kier molecular flexibility index (Phi) is 5.38. The third kappa shape index (κ3) is 4.04. The van der Waals surface area contributed by atoms with Gasteiger partial charge in [0.1, 0.15) is 5.69 Å². The minimum Gasteiger partial charge on any atom is -0.346 e. The highest BCUT2D eigenvalue weighted by Crippen LogP contribution is 2.28. The first-order valence-electron chi connectivity index (χ1n) is 9.85. The zero-order chi connectivity index (χ0) is 20.2. The second kappa shape index (κ2) is 8.27. The van der Waals surface area contributed by atoms with Crippen molar-refractivity contribution in [2.45, 2.75) is 25.8 Å². The Bertz CT molecular complexity index is 1030. The predicted octanol–water partition coefficient (Wildman–Crippen LogP) is 4.17. The molecule has 146 valence electrons. The monoisotopic (exact) mass is 385 g/mol. The highest BCUT2D eigenvalue weighted by atomic mass is 16.2. The molecule has 5 heteroatoms. The first-order valence-corrected chi connectivity index (χ1v) is 9.85. The Morgan fingerprint density at radius 3 is 2.62 bits per heavy atom. The van der Waals surface area contributed by atoms with Crippen LogP contribution < -0.4 is 10.2 Å². The number of amides is 2. The molecule has 2 aromatic carbocycles. The number of fused-ring (bicyclic) bond motifs is 1. The van der Waals surface area contributed by atoms with E-state index in [1.807, 2.05) is 55.5 Å². The van der Waals surface area contributed by atoms with Crippen LogP contribution in [0.4, 0.5) is 5.69 Å². The van der Waals surface area contributed by atoms with Crippen LogP contribution in [0.15, 0.2) is 72.9 Å². The largest absolute Gasteiger partial charge is 0.346 e. The lowest BCUT2D eigenvalue weighted by Crippen LogP contribution is -2.36. The molecule has 5 nitrogen and oxygen atoms in total. The molecular formula is C24H23N3O2. The fraction of sp³-hybridized carbons (Fsp3) is 0.208. The van der Waals surface area contributed by atoms with Crippen molar-refractivity contribution in [2.75, 3.05) is 11.4 Å². The van der Waals surface area contributed by atoms with Crippen LogP contribution in [0.25, 0.3) is 0 Å². The molecule has 0 spiro atoms. The quantitative estimate of drug-likeness (QED) is 0.733. The van der Waals surface area contributed by atoms with Gasteiger partial charge in [-0.3, -0.25) is 14.6 Å². The Balaban J connectivity index is 1.53. The maximum absolute atomic E-state index is 13.1. The topological polar surface area (TPSA) is 62.3 Å². The number of carbonyl (C=O) groups is 2. The normalized spacial score (nSPS) is 14.0. The van der Waals surface area contributed by atoms with Gasteiger partial charge < -0.3 is 10.2 Å². The SMILES string of the molecule is CC(NC(=O)c1ccnc(C(=O)N2CCCc3ccccc32)c1)c1ccccc1. The molecule has 0 radical (unpaired) electrons. The first-order chi connectivity index (χ1) is 14.1. The lowest BCUT2D eigenvalue weighted by atomic mass is 10.0. The minimum absolute atomic E-state index is 0.134. The molecule has 1 aliphatic rings. The lowest BCUT2D eigenvalue weighted by molar-refractivity contribution is 0.0939. The number of pyridine rings is 1. The molecule has 3 aromatic rings. The van der Waals surface area contributed by atoms with E-state index in [-0.39, 0.29) is 23.6 Å². The van der Waals surface area contributed by atoms with Crippen LogP contribution in [0.3, 0.4) is 0 Å². The van der Waals surface area contributed by atoms with Crippen molar-refractivity contribution in [3.05, 3.63) is 95.3 Å². The van der Waals surface area contributed by atoms with Crippen LogP contribution in [0.1, 0.15) is 51.4 Å². The van der Waals surface area contributed by atoms with Gasteiger partial charge in [0.15, 0.2) is 0 Å². The highest BCUT2D eigenvalue weighted by molar-refractivity contribution is 6.07. The maximum atomic E-state index is 13.1. The first kappa shape index (κ1) is 18.9. The molecule has 0 saturated heterocycles. The van der Waals surface area contributed by atoms with Gasteiger partial charge in [0, 0.05) is 24.0 Å². The van der Waals surface area contributed by atoms with E-state index < -0.39 is 0 Å². The predicted molar refractivity (Wildman–Crippen MR) is 113 cm³/mol. The summed E-state index contributed by atoms with van der Waals surface area (Å²) in [5, 5.41) is 2.98. The van der Waals surface area contributed by atoms with Crippen molar-refractivity contribution in [1.82, 2.24) is 10.3 Å². The number of nitrogens with zero attached hydrogens (tertiary/aromatic N) is 2. The summed E-state index contributed by atoms with van der Waals surface area (Å²) in [5.41, 5.74) is 3.82. The van der Waals surface area contributed by atoms with Crippen LogP contribution >= 0.6 is 0 Å². The average Bonchev–Trinajstić information content (AvgIpc) is 2.79. The van der Waals surface area contributed by atoms with Crippen LogP contribution in [0.5, 0.6) is 0 Å². The smallest absolute Gasteiger partial charge is 0.276 e. The molecule has 1 atom stereocenters. The van der Waals surface area contributed by atoms with Gasteiger partial charge in [-0.15, -0.1) is 0 Å². The van der Waals surface area contributed by atoms with E-state index in [2.05, 4.69) is 16.4 Å². The molecule has 2 heterocycles. The Morgan fingerprint density at radius 1 is 1.03 bits per heavy atom. The Labute approximate surface area is 170 Å². The molecule has 1 aromatic heterocycles. The van der Waals surface area contributed by atoms with Gasteiger partial charge in [-0.1, -0.05) is 48.5 Å². The summed E-state index contributed by atoms with van der Waals surface area (Å²) in [4.78, 5) is 31.8. The average molecular weight is 385 g/mol. The summed E-state index contributed by atoms with van der Waals surface area (Å²) in [5.74, 6) is -0.403. The molecule has 1 N–H and O–H groups in total. The summed E-state index contributed by atoms with van der Waals surface area (Å²) in [7, 11) is 0. The van der Waals surface area contributed by atoms with Gasteiger partial charge in [0.2, 0.25) is 0 Å². The van der Waals surface area contributed by atoms with Gasteiger partial charge in [0.05, 0.1) is 6.04 Å². The van der Waals surface area contributed by atoms with E-state index in [4.69, 9.17) is 0 Å². The molecule has 2 amide bonds. The molecule has 29 heavy (non-hydrogen) atoms. The van der Waals surface area contributed by atoms with Gasteiger partial charge in [-0.25, -0.2) is 0 Å². The molecule has 0 fully saturated rings. The third-order valence-electron chi connectivity index (χ3n) is 5.24. The summed E-state index contributed by atoms with van der Waals surface area (Å²) in [6, 6.07) is 20.8. The van der Waals surface area contributed by atoms with E-state index in [9.17, 15) is 9.59 Å². The van der Waals surface area contributed by atoms with Crippen molar-refractivity contribution < 1.29 is 9.59 Å². The van der Waals surface area contributed by atoms with Gasteiger partial charge in [-0.2, -0.15) is 0 Å². The van der Waals surface area contributed by atoms with Crippen molar-refractivity contribution in [1.29, 1.82) is 0 Å². The van der Waals surface area contributed by atoms with E-state index in [1.54, 1.807) is 17.0 Å². The number of benzene rings is 2. The number of carbonyl (C=O) groups excluding carboxylic acids is 2. The fourth-order valence-electron chi connectivity index (χ4n) is 3.68. The zero-order valence-corrected chi connectivity index (χ0v) is 16.3. The fourth-order valence-corrected chi connectivity index (χ4v) is 3.68. The van der Waals surface area contributed by atoms with Gasteiger partial charge in [0.25, 0.3) is 11.8 Å². The summed E-state index contributed by atoms with van der Waals surface area (Å²) in [6.45, 7) is 2.59. The number of hydrogen-bond acceptors (Lipinski definition) is 3. The van der Waals surface area contributed by atoms with Crippen molar-refractivity contribution >= 4 is 17.5 Å². The number of rotatable bonds is 4. The third-order valence-corrected chi connectivity index (χ3v) is 5.24. The summed E-state index contributed by atoms with van der Waals surface area (Å²) < 4.78 is 0. The van der Waals surface area contributed by atoms with Gasteiger partial charge >= 0.3 is 0 Å². The molecular weight excluding hydrogens is 362 g/mol. The molecule has 1 aliphatic heterocycles. The van der Waals surface area contributed by atoms with E-state index in [1.165, 1.54) is 6.20 Å². The second-order valence-electron chi connectivity index (χ2n) is 7.22. The van der Waals surface area contributed by atoms with Crippen LogP contribution in [-0.2, 0) is 6.42 Å². The van der Waals surface area contributed by atoms with Crippen LogP contribution in [0, 0.1) is 0 Å². The van der Waals surface area contributed by atoms with Crippen molar-refractivity contribution in [3.8, 4) is 0 Å². The van der Waals surface area contributed by atoms with Crippen molar-refractivity contribution in [2.24, 2.45) is 0 Å². The molecule has 0 saturated carbocycles. The number of hydrogen-bond donors (Lipinski definition) is 1. The summed E-state index contributed by atoms with van der Waals surface area (Å²) in [6.07, 6.45) is 3.40. The molecule has 0 aliphatic carbocycles. The van der Waals surface area contributed by atoms with Crippen LogP contribution in [-0.4, -0.2) is 23.3 Å². The zero-order valence-electron chi connectivity index (χ0n) is 16.3. The Morgan fingerprint density at radius 2 is 1.79 bits per heavy atom. The number of aryl methyl sites for hydroxylation is 1. The van der Waals surface area contributed by atoms with E-state index >= 15 is 0 Å². The molecule has 4 rings (SSSR count). The maximum Gasteiger partial charge on any atom is 0.276 e. The number of anilines is 1. The van der Waals surface area contributed by atoms with E-state index in [0.717, 1.165) is 29.7 Å². The van der Waals surface area contributed by atoms with E-state index in [0.29, 0.717) is 12.1 Å². The number of nitrogens with one attached hydrogen (secondary N) is 1. The van der Waals surface area contributed by atoms with Crippen molar-refractivity contribution in [3.63, 3.8) is 0 Å². The van der Waals surface area contributed by atoms with Gasteiger partial charge in [-0.05, 0) is 49.1 Å². The second-order valence-corrected chi connectivity index (χ2v) is 7.22. The number of para-hydroxylation sites is 1. The number of aromatic nitrogens is 1. The Hall–Kier alpha value is -3.47. The van der Waals surface area contributed by atoms with Crippen LogP contribution in [0.2, 0.25) is 0 Å². The standard InChI is InChI=1S/C24H23N3O2/c1-17(18-8-3-2-4-9-18)26-23(28)20-13-14-25-21(16-20)24(29)27-15-7-11-19-10-5-6-12-22(19)27/h2-6,8-10,12-14,16-17H,7,11,15H2,1H3,(H,26,28). The highest BCUT2D eigenvalue weighted by Gasteiger charge is 2.24. The summed E-state index contributed by atoms with van der Waals surface area (Å²) >= 11 is 0.